The summed E-state index contributed by atoms with van der Waals surface area (Å²) in [5, 5.41) is 0. The largest absolute Gasteiger partial charge is 0.341 e. The SMILES string of the molecule is C[C@@H](N)C(=O)N1CCC(CN(C)Cc2ccccc2)CC1.Cl.Cl. The highest BCUT2D eigenvalue weighted by Crippen LogP contribution is 2.19. The van der Waals surface area contributed by atoms with Crippen molar-refractivity contribution in [1.82, 2.24) is 9.80 Å². The Balaban J connectivity index is 0.00000242. The molecule has 0 aromatic heterocycles. The number of likely N-dealkylation sites (tertiary alicyclic amines) is 1. The lowest BCUT2D eigenvalue weighted by molar-refractivity contribution is -0.133. The molecule has 0 aliphatic carbocycles. The Morgan fingerprint density at radius 1 is 1.26 bits per heavy atom. The highest BCUT2D eigenvalue weighted by molar-refractivity contribution is 5.85. The molecule has 1 aliphatic rings. The van der Waals surface area contributed by atoms with Crippen molar-refractivity contribution in [3.05, 3.63) is 35.9 Å². The number of nitrogens with two attached hydrogens (primary N) is 1. The molecular weight excluding hydrogens is 333 g/mol. The molecule has 6 heteroatoms. The topological polar surface area (TPSA) is 49.6 Å². The molecule has 1 fully saturated rings. The second kappa shape index (κ2) is 10.9. The third-order valence-electron chi connectivity index (χ3n) is 4.18. The summed E-state index contributed by atoms with van der Waals surface area (Å²) in [4.78, 5) is 16.2. The van der Waals surface area contributed by atoms with E-state index in [9.17, 15) is 4.79 Å². The smallest absolute Gasteiger partial charge is 0.239 e. The molecule has 2 rings (SSSR count). The summed E-state index contributed by atoms with van der Waals surface area (Å²) < 4.78 is 0. The van der Waals surface area contributed by atoms with Crippen LogP contribution < -0.4 is 5.73 Å². The minimum absolute atomic E-state index is 0. The zero-order valence-corrected chi connectivity index (χ0v) is 15.6. The van der Waals surface area contributed by atoms with Crippen molar-refractivity contribution >= 4 is 30.7 Å². The van der Waals surface area contributed by atoms with Crippen LogP contribution in [0.25, 0.3) is 0 Å². The Labute approximate surface area is 152 Å². The Bertz CT molecular complexity index is 448. The summed E-state index contributed by atoms with van der Waals surface area (Å²) in [5.74, 6) is 0.766. The molecule has 1 saturated heterocycles. The molecule has 1 amide bonds. The maximum absolute atomic E-state index is 11.9. The molecular formula is C17H29Cl2N3O. The third kappa shape index (κ3) is 7.08. The first-order valence-corrected chi connectivity index (χ1v) is 7.83. The molecule has 1 aromatic rings. The lowest BCUT2D eigenvalue weighted by atomic mass is 9.95. The number of piperidine rings is 1. The van der Waals surface area contributed by atoms with E-state index in [1.54, 1.807) is 6.92 Å². The van der Waals surface area contributed by atoms with Crippen LogP contribution in [-0.4, -0.2) is 48.4 Å². The van der Waals surface area contributed by atoms with E-state index in [0.717, 1.165) is 39.0 Å². The van der Waals surface area contributed by atoms with E-state index in [2.05, 4.69) is 42.3 Å². The molecule has 0 bridgehead atoms. The van der Waals surface area contributed by atoms with Crippen molar-refractivity contribution in [1.29, 1.82) is 0 Å². The number of halogens is 2. The average molecular weight is 362 g/mol. The quantitative estimate of drug-likeness (QED) is 0.876. The van der Waals surface area contributed by atoms with Crippen molar-refractivity contribution in [3.63, 3.8) is 0 Å². The van der Waals surface area contributed by atoms with Gasteiger partial charge in [-0.1, -0.05) is 30.3 Å². The number of nitrogens with zero attached hydrogens (tertiary/aromatic N) is 2. The van der Waals surface area contributed by atoms with Crippen LogP contribution in [0.1, 0.15) is 25.3 Å². The maximum Gasteiger partial charge on any atom is 0.239 e. The summed E-state index contributed by atoms with van der Waals surface area (Å²) in [7, 11) is 2.17. The lowest BCUT2D eigenvalue weighted by Gasteiger charge is -2.34. The van der Waals surface area contributed by atoms with E-state index in [4.69, 9.17) is 5.73 Å². The van der Waals surface area contributed by atoms with Gasteiger partial charge in [-0.2, -0.15) is 0 Å². The first kappa shape index (κ1) is 22.2. The van der Waals surface area contributed by atoms with Gasteiger partial charge in [0.1, 0.15) is 0 Å². The van der Waals surface area contributed by atoms with Crippen LogP contribution >= 0.6 is 24.8 Å². The minimum Gasteiger partial charge on any atom is -0.341 e. The predicted octanol–water partition coefficient (Wildman–Crippen LogP) is 2.55. The molecule has 4 nitrogen and oxygen atoms in total. The van der Waals surface area contributed by atoms with Gasteiger partial charge in [-0.15, -0.1) is 24.8 Å². The van der Waals surface area contributed by atoms with Crippen molar-refractivity contribution in [2.75, 3.05) is 26.7 Å². The van der Waals surface area contributed by atoms with E-state index in [1.807, 2.05) is 4.90 Å². The number of rotatable bonds is 5. The van der Waals surface area contributed by atoms with Gasteiger partial charge in [0.2, 0.25) is 5.91 Å². The summed E-state index contributed by atoms with van der Waals surface area (Å²) in [6.45, 7) is 5.55. The monoisotopic (exact) mass is 361 g/mol. The molecule has 1 atom stereocenters. The third-order valence-corrected chi connectivity index (χ3v) is 4.18. The maximum atomic E-state index is 11.9. The van der Waals surface area contributed by atoms with Gasteiger partial charge in [0.15, 0.2) is 0 Å². The van der Waals surface area contributed by atoms with Crippen LogP contribution in [0.2, 0.25) is 0 Å². The number of hydrogen-bond acceptors (Lipinski definition) is 3. The number of amides is 1. The Kier molecular flexibility index (Phi) is 10.5. The number of carbonyl (C=O) groups excluding carboxylic acids is 1. The van der Waals surface area contributed by atoms with E-state index in [-0.39, 0.29) is 36.8 Å². The first-order valence-electron chi connectivity index (χ1n) is 7.83. The van der Waals surface area contributed by atoms with Gasteiger partial charge in [-0.05, 0) is 38.3 Å². The van der Waals surface area contributed by atoms with Crippen molar-refractivity contribution in [3.8, 4) is 0 Å². The standard InChI is InChI=1S/C17H27N3O.2ClH/c1-14(18)17(21)20-10-8-16(9-11-20)13-19(2)12-15-6-4-3-5-7-15;;/h3-7,14,16H,8-13,18H2,1-2H3;2*1H/t14-;;/m1../s1. The van der Waals surface area contributed by atoms with Crippen LogP contribution in [0, 0.1) is 5.92 Å². The molecule has 2 N–H and O–H groups in total. The van der Waals surface area contributed by atoms with Gasteiger partial charge in [0, 0.05) is 26.2 Å². The summed E-state index contributed by atoms with van der Waals surface area (Å²) >= 11 is 0. The highest BCUT2D eigenvalue weighted by atomic mass is 35.5. The van der Waals surface area contributed by atoms with E-state index >= 15 is 0 Å². The van der Waals surface area contributed by atoms with Crippen molar-refractivity contribution in [2.45, 2.75) is 32.4 Å². The molecule has 0 unspecified atom stereocenters. The van der Waals surface area contributed by atoms with Gasteiger partial charge in [-0.3, -0.25) is 4.79 Å². The molecule has 0 spiro atoms. The zero-order chi connectivity index (χ0) is 15.2. The minimum atomic E-state index is -0.373. The van der Waals surface area contributed by atoms with Crippen molar-refractivity contribution in [2.24, 2.45) is 11.7 Å². The number of benzene rings is 1. The zero-order valence-electron chi connectivity index (χ0n) is 14.0. The van der Waals surface area contributed by atoms with Gasteiger partial charge in [-0.25, -0.2) is 0 Å². The number of hydrogen-bond donors (Lipinski definition) is 1. The van der Waals surface area contributed by atoms with Crippen LogP contribution in [0.3, 0.4) is 0 Å². The van der Waals surface area contributed by atoms with E-state index in [0.29, 0.717) is 5.92 Å². The van der Waals surface area contributed by atoms with E-state index in [1.165, 1.54) is 5.56 Å². The van der Waals surface area contributed by atoms with Gasteiger partial charge < -0.3 is 15.5 Å². The predicted molar refractivity (Wildman–Crippen MR) is 100 cm³/mol. The molecule has 23 heavy (non-hydrogen) atoms. The Morgan fingerprint density at radius 2 is 1.83 bits per heavy atom. The summed E-state index contributed by atoms with van der Waals surface area (Å²) in [5.41, 5.74) is 7.02. The van der Waals surface area contributed by atoms with Crippen molar-refractivity contribution < 1.29 is 4.79 Å². The van der Waals surface area contributed by atoms with E-state index < -0.39 is 0 Å². The average Bonchev–Trinajstić information content (AvgIpc) is 2.48. The normalized spacial score (nSPS) is 16.4. The fourth-order valence-electron chi connectivity index (χ4n) is 3.02. The fourth-order valence-corrected chi connectivity index (χ4v) is 3.02. The number of carbonyl (C=O) groups is 1. The highest BCUT2D eigenvalue weighted by Gasteiger charge is 2.24. The van der Waals surface area contributed by atoms with Crippen LogP contribution in [0.15, 0.2) is 30.3 Å². The Hall–Kier alpha value is -0.810. The Morgan fingerprint density at radius 3 is 2.35 bits per heavy atom. The summed E-state index contributed by atoms with van der Waals surface area (Å²) in [6, 6.07) is 10.2. The van der Waals surface area contributed by atoms with Crippen LogP contribution in [0.5, 0.6) is 0 Å². The molecule has 0 saturated carbocycles. The molecule has 132 valence electrons. The van der Waals surface area contributed by atoms with Gasteiger partial charge >= 0.3 is 0 Å². The second-order valence-electron chi connectivity index (χ2n) is 6.24. The first-order chi connectivity index (χ1) is 10.1. The van der Waals surface area contributed by atoms with Gasteiger partial charge in [0.05, 0.1) is 6.04 Å². The lowest BCUT2D eigenvalue weighted by Crippen LogP contribution is -2.46. The second-order valence-corrected chi connectivity index (χ2v) is 6.24. The molecule has 1 aliphatic heterocycles. The van der Waals surface area contributed by atoms with Gasteiger partial charge in [0.25, 0.3) is 0 Å². The molecule has 1 heterocycles. The summed E-state index contributed by atoms with van der Waals surface area (Å²) in [6.07, 6.45) is 2.16. The molecule has 0 radical (unpaired) electrons. The van der Waals surface area contributed by atoms with Crippen LogP contribution in [0.4, 0.5) is 0 Å². The fraction of sp³-hybridized carbons (Fsp3) is 0.588. The van der Waals surface area contributed by atoms with Crippen LogP contribution in [-0.2, 0) is 11.3 Å². The molecule has 1 aromatic carbocycles.